The molecule has 2 saturated carbocycles. The van der Waals surface area contributed by atoms with Gasteiger partial charge in [0.05, 0.1) is 5.69 Å². The van der Waals surface area contributed by atoms with Gasteiger partial charge in [0.15, 0.2) is 0 Å². The zero-order valence-corrected chi connectivity index (χ0v) is 27.8. The second kappa shape index (κ2) is 15.7. The summed E-state index contributed by atoms with van der Waals surface area (Å²) in [5, 5.41) is 15.6. The SMILES string of the molecule is CCn1nccc1C(=O)N[C@H](C(=O)Nc1ccc([C@H](C)[C@@H](NC(=O)NC2CCC2)C(=O)N2CCN(C)CC2)cc1F)C1CCCCC1. The number of benzene rings is 1. The molecule has 3 atom stereocenters. The second-order valence-electron chi connectivity index (χ2n) is 13.3. The third-order valence-electron chi connectivity index (χ3n) is 10.0. The first-order valence-corrected chi connectivity index (χ1v) is 17.1. The zero-order valence-electron chi connectivity index (χ0n) is 27.8. The molecule has 0 bridgehead atoms. The van der Waals surface area contributed by atoms with E-state index >= 15 is 4.39 Å². The molecule has 3 fully saturated rings. The number of piperazine rings is 1. The number of aryl methyl sites for hydroxylation is 1. The molecule has 3 aliphatic rings. The number of anilines is 1. The van der Waals surface area contributed by atoms with Gasteiger partial charge in [-0.3, -0.25) is 19.1 Å². The highest BCUT2D eigenvalue weighted by Crippen LogP contribution is 2.29. The topological polar surface area (TPSA) is 141 Å². The highest BCUT2D eigenvalue weighted by molar-refractivity contribution is 6.00. The normalized spacial score (nSPS) is 19.6. The van der Waals surface area contributed by atoms with Crippen LogP contribution in [0.5, 0.6) is 0 Å². The number of amides is 5. The fraction of sp³-hybridized carbons (Fsp3) is 0.618. The van der Waals surface area contributed by atoms with Crippen molar-refractivity contribution in [1.29, 1.82) is 0 Å². The van der Waals surface area contributed by atoms with Crippen LogP contribution in [-0.2, 0) is 16.1 Å². The summed E-state index contributed by atoms with van der Waals surface area (Å²) in [6.07, 6.45) is 8.99. The Morgan fingerprint density at radius 3 is 2.32 bits per heavy atom. The zero-order chi connectivity index (χ0) is 33.5. The lowest BCUT2D eigenvalue weighted by Gasteiger charge is -2.37. The van der Waals surface area contributed by atoms with Crippen molar-refractivity contribution in [2.24, 2.45) is 5.92 Å². The molecule has 4 N–H and O–H groups in total. The number of hydrogen-bond donors (Lipinski definition) is 4. The third-order valence-corrected chi connectivity index (χ3v) is 10.0. The van der Waals surface area contributed by atoms with Crippen LogP contribution in [0.2, 0.25) is 0 Å². The van der Waals surface area contributed by atoms with E-state index in [0.717, 1.165) is 64.5 Å². The van der Waals surface area contributed by atoms with Crippen molar-refractivity contribution < 1.29 is 23.6 Å². The highest BCUT2D eigenvalue weighted by Gasteiger charge is 2.35. The fourth-order valence-electron chi connectivity index (χ4n) is 6.72. The lowest BCUT2D eigenvalue weighted by molar-refractivity contribution is -0.135. The number of halogens is 1. The Morgan fingerprint density at radius 2 is 1.68 bits per heavy atom. The number of hydrogen-bond acceptors (Lipinski definition) is 6. The number of urea groups is 1. The number of nitrogens with zero attached hydrogens (tertiary/aromatic N) is 4. The van der Waals surface area contributed by atoms with Gasteiger partial charge < -0.3 is 31.1 Å². The predicted molar refractivity (Wildman–Crippen MR) is 176 cm³/mol. The maximum atomic E-state index is 15.7. The van der Waals surface area contributed by atoms with E-state index in [1.165, 1.54) is 12.1 Å². The third kappa shape index (κ3) is 8.48. The molecule has 2 aliphatic carbocycles. The number of carbonyl (C=O) groups is 4. The molecule has 1 aromatic heterocycles. The fourth-order valence-corrected chi connectivity index (χ4v) is 6.72. The molecule has 2 heterocycles. The van der Waals surface area contributed by atoms with Crippen LogP contribution in [0.1, 0.15) is 87.2 Å². The predicted octanol–water partition coefficient (Wildman–Crippen LogP) is 3.46. The van der Waals surface area contributed by atoms with Crippen LogP contribution >= 0.6 is 0 Å². The quantitative estimate of drug-likeness (QED) is 0.293. The van der Waals surface area contributed by atoms with Crippen LogP contribution in [-0.4, -0.2) is 94.7 Å². The van der Waals surface area contributed by atoms with E-state index in [2.05, 4.69) is 31.3 Å². The van der Waals surface area contributed by atoms with E-state index in [0.29, 0.717) is 30.9 Å². The minimum Gasteiger partial charge on any atom is -0.339 e. The smallest absolute Gasteiger partial charge is 0.315 e. The van der Waals surface area contributed by atoms with Gasteiger partial charge in [-0.05, 0) is 75.8 Å². The van der Waals surface area contributed by atoms with Crippen LogP contribution in [0.3, 0.4) is 0 Å². The van der Waals surface area contributed by atoms with Gasteiger partial charge in [-0.25, -0.2) is 9.18 Å². The second-order valence-corrected chi connectivity index (χ2v) is 13.3. The first kappa shape index (κ1) is 34.3. The van der Waals surface area contributed by atoms with Crippen LogP contribution in [0.15, 0.2) is 30.5 Å². The Bertz CT molecular complexity index is 1410. The number of nitrogens with one attached hydrogen (secondary N) is 4. The first-order valence-electron chi connectivity index (χ1n) is 17.1. The molecule has 0 radical (unpaired) electrons. The standard InChI is InChI=1S/C34H49FN8O4/c1-4-43-28(15-16-36-43)31(44)39-30(23-9-6-5-7-10-23)32(45)38-27-14-13-24(21-26(27)35)22(2)29(40-34(47)37-25-11-8-12-25)33(46)42-19-17-41(3)18-20-42/h13-16,21-23,25,29-30H,4-12,17-20H2,1-3H3,(H,38,45)(H,39,44)(H2,37,40,47)/t22-,29+,30-/m0/s1. The van der Waals surface area contributed by atoms with Crippen LogP contribution in [0.4, 0.5) is 14.9 Å². The summed E-state index contributed by atoms with van der Waals surface area (Å²) in [4.78, 5) is 57.4. The van der Waals surface area contributed by atoms with E-state index in [1.54, 1.807) is 34.8 Å². The molecule has 47 heavy (non-hydrogen) atoms. The summed E-state index contributed by atoms with van der Waals surface area (Å²) in [6.45, 7) is 6.74. The van der Waals surface area contributed by atoms with Crippen LogP contribution in [0, 0.1) is 11.7 Å². The maximum absolute atomic E-state index is 15.7. The van der Waals surface area contributed by atoms with E-state index in [9.17, 15) is 19.2 Å². The molecule has 0 spiro atoms. The van der Waals surface area contributed by atoms with Gasteiger partial charge >= 0.3 is 6.03 Å². The lowest BCUT2D eigenvalue weighted by atomic mass is 9.83. The van der Waals surface area contributed by atoms with Gasteiger partial charge in [0.2, 0.25) is 11.8 Å². The van der Waals surface area contributed by atoms with Crippen LogP contribution in [0.25, 0.3) is 0 Å². The molecule has 12 nitrogen and oxygen atoms in total. The molecule has 5 amide bonds. The monoisotopic (exact) mass is 652 g/mol. The molecule has 1 aliphatic heterocycles. The molecule has 1 saturated heterocycles. The van der Waals surface area contributed by atoms with Gasteiger partial charge in [0.25, 0.3) is 5.91 Å². The summed E-state index contributed by atoms with van der Waals surface area (Å²) in [5.74, 6) is -2.37. The van der Waals surface area contributed by atoms with Crippen molar-refractivity contribution in [3.05, 3.63) is 47.5 Å². The Morgan fingerprint density at radius 1 is 0.957 bits per heavy atom. The number of rotatable bonds is 11. The van der Waals surface area contributed by atoms with Crippen molar-refractivity contribution in [3.63, 3.8) is 0 Å². The number of carbonyl (C=O) groups excluding carboxylic acids is 4. The van der Waals surface area contributed by atoms with Gasteiger partial charge in [0.1, 0.15) is 23.6 Å². The molecule has 13 heteroatoms. The molecular weight excluding hydrogens is 603 g/mol. The van der Waals surface area contributed by atoms with Gasteiger partial charge in [-0.15, -0.1) is 0 Å². The maximum Gasteiger partial charge on any atom is 0.315 e. The van der Waals surface area contributed by atoms with Crippen molar-refractivity contribution in [2.45, 2.75) is 95.8 Å². The van der Waals surface area contributed by atoms with Crippen molar-refractivity contribution in [2.75, 3.05) is 38.5 Å². The summed E-state index contributed by atoms with van der Waals surface area (Å²) >= 11 is 0. The molecule has 0 unspecified atom stereocenters. The number of aromatic nitrogens is 2. The first-order chi connectivity index (χ1) is 22.6. The minimum atomic E-state index is -0.902. The number of likely N-dealkylation sites (N-methyl/N-ethyl adjacent to an activating group) is 1. The average Bonchev–Trinajstić information content (AvgIpc) is 3.54. The highest BCUT2D eigenvalue weighted by atomic mass is 19.1. The average molecular weight is 653 g/mol. The Labute approximate surface area is 276 Å². The summed E-state index contributed by atoms with van der Waals surface area (Å²) < 4.78 is 17.3. The molecule has 256 valence electrons. The summed E-state index contributed by atoms with van der Waals surface area (Å²) in [6, 6.07) is 4.03. The lowest BCUT2D eigenvalue weighted by Crippen LogP contribution is -2.58. The van der Waals surface area contributed by atoms with E-state index < -0.39 is 41.7 Å². The molecule has 2 aromatic rings. The van der Waals surface area contributed by atoms with Crippen LogP contribution < -0.4 is 21.3 Å². The Balaban J connectivity index is 1.31. The molecular formula is C34H49FN8O4. The summed E-state index contributed by atoms with van der Waals surface area (Å²) in [5.41, 5.74) is 0.861. The van der Waals surface area contributed by atoms with Crippen molar-refractivity contribution in [3.8, 4) is 0 Å². The van der Waals surface area contributed by atoms with Gasteiger partial charge in [0, 0.05) is 50.9 Å². The van der Waals surface area contributed by atoms with E-state index in [-0.39, 0.29) is 23.6 Å². The summed E-state index contributed by atoms with van der Waals surface area (Å²) in [7, 11) is 2.00. The minimum absolute atomic E-state index is 0.0164. The molecule has 1 aromatic carbocycles. The Kier molecular flexibility index (Phi) is 11.5. The van der Waals surface area contributed by atoms with Crippen molar-refractivity contribution >= 4 is 29.4 Å². The van der Waals surface area contributed by atoms with Crippen molar-refractivity contribution in [1.82, 2.24) is 35.5 Å². The van der Waals surface area contributed by atoms with E-state index in [1.807, 2.05) is 14.0 Å². The van der Waals surface area contributed by atoms with Gasteiger partial charge in [-0.2, -0.15) is 5.10 Å². The molecule has 5 rings (SSSR count). The van der Waals surface area contributed by atoms with E-state index in [4.69, 9.17) is 0 Å². The van der Waals surface area contributed by atoms with Gasteiger partial charge in [-0.1, -0.05) is 32.3 Å². The largest absolute Gasteiger partial charge is 0.339 e. The Hall–Kier alpha value is -4.00.